The van der Waals surface area contributed by atoms with E-state index in [2.05, 4.69) is 36.8 Å². The molecule has 2 amide bonds. The average molecular weight is 580 g/mol. The molecule has 9 nitrogen and oxygen atoms in total. The summed E-state index contributed by atoms with van der Waals surface area (Å²) in [7, 11) is 1.47. The summed E-state index contributed by atoms with van der Waals surface area (Å²) in [5.74, 6) is -0.250. The van der Waals surface area contributed by atoms with Crippen molar-refractivity contribution in [2.75, 3.05) is 19.0 Å². The van der Waals surface area contributed by atoms with Crippen LogP contribution in [0, 0.1) is 0 Å². The fourth-order valence-corrected chi connectivity index (χ4v) is 4.54. The monoisotopic (exact) mass is 579 g/mol. The number of ether oxygens (including phenoxy) is 2. The molecule has 0 fully saturated rings. The number of carbonyl (C=O) groups excluding carboxylic acids is 2. The number of rotatable bonds is 10. The molecule has 0 aliphatic carbocycles. The number of hydrazone groups is 1. The predicted octanol–water partition coefficient (Wildman–Crippen LogP) is 4.95. The van der Waals surface area contributed by atoms with Crippen LogP contribution in [-0.2, 0) is 4.79 Å². The van der Waals surface area contributed by atoms with Gasteiger partial charge in [0.25, 0.3) is 11.8 Å². The van der Waals surface area contributed by atoms with Crippen molar-refractivity contribution >= 4 is 56.1 Å². The largest absolute Gasteiger partial charge is 0.493 e. The van der Waals surface area contributed by atoms with Gasteiger partial charge in [-0.25, -0.2) is 10.4 Å². The van der Waals surface area contributed by atoms with Crippen LogP contribution in [0.3, 0.4) is 0 Å². The predicted molar refractivity (Wildman–Crippen MR) is 148 cm³/mol. The Balaban J connectivity index is 1.37. The third-order valence-corrected chi connectivity index (χ3v) is 6.31. The Bertz CT molecular complexity index is 1420. The van der Waals surface area contributed by atoms with E-state index in [0.717, 1.165) is 22.1 Å². The first kappa shape index (κ1) is 25.9. The van der Waals surface area contributed by atoms with Gasteiger partial charge in [0.15, 0.2) is 23.2 Å². The second kappa shape index (κ2) is 12.2. The van der Waals surface area contributed by atoms with E-state index >= 15 is 0 Å². The molecule has 4 aromatic rings. The quantitative estimate of drug-likeness (QED) is 0.180. The number of hydrogen-bond acceptors (Lipinski definition) is 8. The van der Waals surface area contributed by atoms with Crippen LogP contribution < -0.4 is 25.9 Å². The number of nitrogens with zero attached hydrogens (tertiary/aromatic N) is 2. The molecule has 0 aliphatic rings. The molecule has 0 saturated heterocycles. The minimum absolute atomic E-state index is 0.286. The number of primary amides is 1. The first-order chi connectivity index (χ1) is 17.9. The van der Waals surface area contributed by atoms with Gasteiger partial charge in [-0.05, 0) is 57.9 Å². The highest BCUT2D eigenvalue weighted by Crippen LogP contribution is 2.36. The number of nitrogens with two attached hydrogens (primary N) is 1. The third-order valence-electron chi connectivity index (χ3n) is 4.96. The van der Waals surface area contributed by atoms with Crippen LogP contribution in [0.1, 0.15) is 15.9 Å². The molecule has 1 heterocycles. The summed E-state index contributed by atoms with van der Waals surface area (Å²) in [6, 6.07) is 20.3. The van der Waals surface area contributed by atoms with E-state index in [9.17, 15) is 9.59 Å². The van der Waals surface area contributed by atoms with Gasteiger partial charge in [0, 0.05) is 22.2 Å². The number of benzene rings is 3. The Morgan fingerprint density at radius 3 is 2.59 bits per heavy atom. The Hall–Kier alpha value is -4.22. The van der Waals surface area contributed by atoms with Crippen molar-refractivity contribution in [1.82, 2.24) is 10.4 Å². The lowest BCUT2D eigenvalue weighted by atomic mass is 10.1. The van der Waals surface area contributed by atoms with Crippen LogP contribution in [-0.4, -0.2) is 36.7 Å². The minimum atomic E-state index is -0.605. The maximum atomic E-state index is 12.5. The lowest BCUT2D eigenvalue weighted by Gasteiger charge is -2.12. The van der Waals surface area contributed by atoms with Crippen molar-refractivity contribution < 1.29 is 19.1 Å². The summed E-state index contributed by atoms with van der Waals surface area (Å²) < 4.78 is 11.2. The van der Waals surface area contributed by atoms with Crippen molar-refractivity contribution in [2.24, 2.45) is 10.8 Å². The number of halogens is 1. The van der Waals surface area contributed by atoms with E-state index in [1.165, 1.54) is 24.7 Å². The fourth-order valence-electron chi connectivity index (χ4n) is 3.23. The second-order valence-electron chi connectivity index (χ2n) is 7.59. The number of methoxy groups -OCH3 is 1. The Morgan fingerprint density at radius 2 is 1.89 bits per heavy atom. The Kier molecular flexibility index (Phi) is 8.49. The van der Waals surface area contributed by atoms with Crippen LogP contribution in [0.5, 0.6) is 11.5 Å². The Labute approximate surface area is 225 Å². The van der Waals surface area contributed by atoms with Gasteiger partial charge >= 0.3 is 0 Å². The SMILES string of the molecule is COc1cc(/C=N/NC(=O)c2ccc(-c3csc(Nc4ccccc4)n3)cc2)cc(Br)c1OCC(N)=O. The molecule has 11 heteroatoms. The summed E-state index contributed by atoms with van der Waals surface area (Å²) in [4.78, 5) is 28.2. The zero-order valence-electron chi connectivity index (χ0n) is 19.6. The number of anilines is 2. The molecule has 0 unspecified atom stereocenters. The van der Waals surface area contributed by atoms with Crippen LogP contribution in [0.2, 0.25) is 0 Å². The van der Waals surface area contributed by atoms with Crippen molar-refractivity contribution in [3.8, 4) is 22.8 Å². The summed E-state index contributed by atoms with van der Waals surface area (Å²) in [6.45, 7) is -0.286. The first-order valence-corrected chi connectivity index (χ1v) is 12.6. The van der Waals surface area contributed by atoms with E-state index in [1.54, 1.807) is 24.3 Å². The number of carbonyl (C=O) groups is 2. The molecule has 0 aliphatic heterocycles. The van der Waals surface area contributed by atoms with Gasteiger partial charge in [-0.15, -0.1) is 11.3 Å². The summed E-state index contributed by atoms with van der Waals surface area (Å²) >= 11 is 4.88. The van der Waals surface area contributed by atoms with Crippen molar-refractivity contribution in [3.63, 3.8) is 0 Å². The van der Waals surface area contributed by atoms with Gasteiger partial charge in [0.05, 0.1) is 23.5 Å². The van der Waals surface area contributed by atoms with Crippen molar-refractivity contribution in [3.05, 3.63) is 87.7 Å². The smallest absolute Gasteiger partial charge is 0.271 e. The van der Waals surface area contributed by atoms with Gasteiger partial charge in [-0.2, -0.15) is 5.10 Å². The first-order valence-electron chi connectivity index (χ1n) is 10.9. The number of nitrogens with one attached hydrogen (secondary N) is 2. The van der Waals surface area contributed by atoms with Crippen LogP contribution in [0.15, 0.2) is 81.7 Å². The molecular formula is C26H22BrN5O4S. The molecule has 0 saturated carbocycles. The van der Waals surface area contributed by atoms with Crippen molar-refractivity contribution in [2.45, 2.75) is 0 Å². The average Bonchev–Trinajstić information content (AvgIpc) is 3.36. The molecule has 0 atom stereocenters. The van der Waals surface area contributed by atoms with Gasteiger partial charge in [-0.3, -0.25) is 9.59 Å². The second-order valence-corrected chi connectivity index (χ2v) is 9.31. The number of para-hydroxylation sites is 1. The highest BCUT2D eigenvalue weighted by molar-refractivity contribution is 9.10. The minimum Gasteiger partial charge on any atom is -0.493 e. The lowest BCUT2D eigenvalue weighted by Crippen LogP contribution is -2.20. The van der Waals surface area contributed by atoms with Gasteiger partial charge < -0.3 is 20.5 Å². The topological polar surface area (TPSA) is 128 Å². The highest BCUT2D eigenvalue weighted by atomic mass is 79.9. The van der Waals surface area contributed by atoms with Crippen LogP contribution >= 0.6 is 27.3 Å². The zero-order chi connectivity index (χ0) is 26.2. The van der Waals surface area contributed by atoms with Gasteiger partial charge in [0.2, 0.25) is 0 Å². The summed E-state index contributed by atoms with van der Waals surface area (Å²) in [5, 5.41) is 10.0. The number of hydrogen-bond donors (Lipinski definition) is 3. The number of aromatic nitrogens is 1. The molecular weight excluding hydrogens is 558 g/mol. The lowest BCUT2D eigenvalue weighted by molar-refractivity contribution is -0.119. The third kappa shape index (κ3) is 6.93. The standard InChI is InChI=1S/C26H22BrN5O4S/c1-35-22-12-16(11-20(27)24(22)36-14-23(28)33)13-29-32-25(34)18-9-7-17(8-10-18)21-15-37-26(31-21)30-19-5-3-2-4-6-19/h2-13,15H,14H2,1H3,(H2,28,33)(H,30,31)(H,32,34)/b29-13+. The number of amides is 2. The maximum Gasteiger partial charge on any atom is 0.271 e. The number of thiazole rings is 1. The van der Waals surface area contributed by atoms with Gasteiger partial charge in [-0.1, -0.05) is 30.3 Å². The Morgan fingerprint density at radius 1 is 1.14 bits per heavy atom. The molecule has 4 rings (SSSR count). The molecule has 0 bridgehead atoms. The molecule has 1 aromatic heterocycles. The summed E-state index contributed by atoms with van der Waals surface area (Å²) in [5.41, 5.74) is 11.4. The molecule has 188 valence electrons. The van der Waals surface area contributed by atoms with E-state index in [4.69, 9.17) is 15.2 Å². The molecule has 4 N–H and O–H groups in total. The van der Waals surface area contributed by atoms with E-state index in [1.807, 2.05) is 47.8 Å². The molecule has 37 heavy (non-hydrogen) atoms. The van der Waals surface area contributed by atoms with Crippen LogP contribution in [0.4, 0.5) is 10.8 Å². The van der Waals surface area contributed by atoms with Crippen molar-refractivity contribution in [1.29, 1.82) is 0 Å². The molecule has 3 aromatic carbocycles. The molecule has 0 radical (unpaired) electrons. The maximum absolute atomic E-state index is 12.5. The normalized spacial score (nSPS) is 10.8. The van der Waals surface area contributed by atoms with Crippen LogP contribution in [0.25, 0.3) is 11.3 Å². The highest BCUT2D eigenvalue weighted by Gasteiger charge is 2.13. The zero-order valence-corrected chi connectivity index (χ0v) is 22.0. The van der Waals surface area contributed by atoms with E-state index in [0.29, 0.717) is 27.1 Å². The fraction of sp³-hybridized carbons (Fsp3) is 0.0769. The van der Waals surface area contributed by atoms with E-state index in [-0.39, 0.29) is 12.5 Å². The van der Waals surface area contributed by atoms with E-state index < -0.39 is 5.91 Å². The van der Waals surface area contributed by atoms with Gasteiger partial charge in [0.1, 0.15) is 0 Å². The molecule has 0 spiro atoms. The summed E-state index contributed by atoms with van der Waals surface area (Å²) in [6.07, 6.45) is 1.47.